The van der Waals surface area contributed by atoms with Crippen LogP contribution < -0.4 is 5.32 Å². The Morgan fingerprint density at radius 3 is 2.35 bits per heavy atom. The van der Waals surface area contributed by atoms with Crippen LogP contribution in [0, 0.1) is 0 Å². The van der Waals surface area contributed by atoms with E-state index in [4.69, 9.17) is 0 Å². The Morgan fingerprint density at radius 1 is 1.12 bits per heavy atom. The molecule has 1 aliphatic carbocycles. The third-order valence-electron chi connectivity index (χ3n) is 3.61. The molecule has 0 unspecified atom stereocenters. The van der Waals surface area contributed by atoms with Crippen molar-refractivity contribution in [3.63, 3.8) is 0 Å². The maximum Gasteiger partial charge on any atom is 0.253 e. The fourth-order valence-electron chi connectivity index (χ4n) is 2.37. The van der Waals surface area contributed by atoms with Crippen LogP contribution in [0.2, 0.25) is 0 Å². The molecule has 3 nitrogen and oxygen atoms in total. The van der Waals surface area contributed by atoms with E-state index in [1.165, 1.54) is 18.4 Å². The van der Waals surface area contributed by atoms with Crippen molar-refractivity contribution in [3.05, 3.63) is 35.4 Å². The lowest BCUT2D eigenvalue weighted by Gasteiger charge is -2.27. The Bertz CT molecular complexity index is 403. The Balaban J connectivity index is 1.71. The molecule has 1 aromatic rings. The van der Waals surface area contributed by atoms with Crippen LogP contribution in [0.15, 0.2) is 24.3 Å². The Kier molecular flexibility index (Phi) is 2.85. The summed E-state index contributed by atoms with van der Waals surface area (Å²) in [4.78, 5) is 14.1. The second-order valence-corrected chi connectivity index (χ2v) is 4.94. The summed E-state index contributed by atoms with van der Waals surface area (Å²) in [6.45, 7) is 3.46. The first-order chi connectivity index (χ1) is 8.34. The molecule has 90 valence electrons. The standard InChI is InChI=1S/C14H18N2O/c17-14(16-9-7-15-8-10-16)13-5-3-12(4-6-13)11-1-2-11/h3-6,11,15H,1-2,7-10H2. The van der Waals surface area contributed by atoms with E-state index >= 15 is 0 Å². The number of nitrogens with zero attached hydrogens (tertiary/aromatic N) is 1. The van der Waals surface area contributed by atoms with Gasteiger partial charge in [0.05, 0.1) is 0 Å². The van der Waals surface area contributed by atoms with Gasteiger partial charge in [0.25, 0.3) is 5.91 Å². The predicted octanol–water partition coefficient (Wildman–Crippen LogP) is 1.61. The molecular formula is C14H18N2O. The van der Waals surface area contributed by atoms with E-state index in [1.807, 2.05) is 17.0 Å². The molecule has 1 heterocycles. The fourth-order valence-corrected chi connectivity index (χ4v) is 2.37. The highest BCUT2D eigenvalue weighted by Crippen LogP contribution is 2.39. The SMILES string of the molecule is O=C(c1ccc(C2CC2)cc1)N1CCNCC1. The van der Waals surface area contributed by atoms with Gasteiger partial charge in [0.15, 0.2) is 0 Å². The van der Waals surface area contributed by atoms with E-state index in [0.717, 1.165) is 37.7 Å². The summed E-state index contributed by atoms with van der Waals surface area (Å²) in [6.07, 6.45) is 2.62. The molecule has 0 bridgehead atoms. The Labute approximate surface area is 102 Å². The summed E-state index contributed by atoms with van der Waals surface area (Å²) in [5.41, 5.74) is 2.22. The molecule has 0 radical (unpaired) electrons. The van der Waals surface area contributed by atoms with E-state index in [1.54, 1.807) is 0 Å². The summed E-state index contributed by atoms with van der Waals surface area (Å²) >= 11 is 0. The number of amides is 1. The highest BCUT2D eigenvalue weighted by molar-refractivity contribution is 5.94. The molecule has 1 aliphatic heterocycles. The van der Waals surface area contributed by atoms with E-state index in [-0.39, 0.29) is 5.91 Å². The number of hydrogen-bond donors (Lipinski definition) is 1. The van der Waals surface area contributed by atoms with Gasteiger partial charge in [0.1, 0.15) is 0 Å². The summed E-state index contributed by atoms with van der Waals surface area (Å²) in [7, 11) is 0. The highest BCUT2D eigenvalue weighted by Gasteiger charge is 2.24. The molecular weight excluding hydrogens is 212 g/mol. The molecule has 2 aliphatic rings. The van der Waals surface area contributed by atoms with Gasteiger partial charge < -0.3 is 10.2 Å². The third-order valence-corrected chi connectivity index (χ3v) is 3.61. The Morgan fingerprint density at radius 2 is 1.76 bits per heavy atom. The summed E-state index contributed by atoms with van der Waals surface area (Å²) in [5.74, 6) is 0.937. The van der Waals surface area contributed by atoms with Crippen molar-refractivity contribution >= 4 is 5.91 Å². The number of piperazine rings is 1. The number of benzene rings is 1. The second kappa shape index (κ2) is 4.49. The smallest absolute Gasteiger partial charge is 0.253 e. The van der Waals surface area contributed by atoms with E-state index in [2.05, 4.69) is 17.4 Å². The predicted molar refractivity (Wildman–Crippen MR) is 67.2 cm³/mol. The van der Waals surface area contributed by atoms with Gasteiger partial charge in [-0.15, -0.1) is 0 Å². The summed E-state index contributed by atoms with van der Waals surface area (Å²) in [5, 5.41) is 3.26. The van der Waals surface area contributed by atoms with Crippen LogP contribution in [0.4, 0.5) is 0 Å². The van der Waals surface area contributed by atoms with Gasteiger partial charge in [0, 0.05) is 31.7 Å². The van der Waals surface area contributed by atoms with Gasteiger partial charge in [-0.05, 0) is 36.5 Å². The normalized spacial score (nSPS) is 20.4. The van der Waals surface area contributed by atoms with Crippen molar-refractivity contribution in [2.24, 2.45) is 0 Å². The second-order valence-electron chi connectivity index (χ2n) is 4.94. The number of rotatable bonds is 2. The van der Waals surface area contributed by atoms with Crippen molar-refractivity contribution in [1.82, 2.24) is 10.2 Å². The molecule has 1 aromatic carbocycles. The molecule has 1 saturated heterocycles. The van der Waals surface area contributed by atoms with Crippen LogP contribution in [-0.2, 0) is 0 Å². The van der Waals surface area contributed by atoms with Crippen molar-refractivity contribution in [1.29, 1.82) is 0 Å². The molecule has 2 fully saturated rings. The first-order valence-electron chi connectivity index (χ1n) is 6.44. The minimum atomic E-state index is 0.175. The lowest BCUT2D eigenvalue weighted by atomic mass is 10.1. The van der Waals surface area contributed by atoms with Crippen LogP contribution in [-0.4, -0.2) is 37.0 Å². The monoisotopic (exact) mass is 230 g/mol. The van der Waals surface area contributed by atoms with Crippen molar-refractivity contribution in [3.8, 4) is 0 Å². The number of hydrogen-bond acceptors (Lipinski definition) is 2. The zero-order valence-electron chi connectivity index (χ0n) is 9.98. The minimum absolute atomic E-state index is 0.175. The maximum atomic E-state index is 12.2. The number of nitrogens with one attached hydrogen (secondary N) is 1. The van der Waals surface area contributed by atoms with Crippen molar-refractivity contribution in [2.75, 3.05) is 26.2 Å². The first kappa shape index (κ1) is 10.8. The number of carbonyl (C=O) groups excluding carboxylic acids is 1. The molecule has 0 atom stereocenters. The van der Waals surface area contributed by atoms with Crippen LogP contribution in [0.1, 0.15) is 34.7 Å². The Hall–Kier alpha value is -1.35. The lowest BCUT2D eigenvalue weighted by Crippen LogP contribution is -2.46. The van der Waals surface area contributed by atoms with Gasteiger partial charge in [0.2, 0.25) is 0 Å². The molecule has 0 spiro atoms. The van der Waals surface area contributed by atoms with Gasteiger partial charge >= 0.3 is 0 Å². The van der Waals surface area contributed by atoms with Crippen LogP contribution >= 0.6 is 0 Å². The maximum absolute atomic E-state index is 12.2. The zero-order chi connectivity index (χ0) is 11.7. The molecule has 17 heavy (non-hydrogen) atoms. The van der Waals surface area contributed by atoms with Crippen LogP contribution in [0.3, 0.4) is 0 Å². The van der Waals surface area contributed by atoms with Gasteiger partial charge in [-0.1, -0.05) is 12.1 Å². The average molecular weight is 230 g/mol. The van der Waals surface area contributed by atoms with Crippen molar-refractivity contribution < 1.29 is 4.79 Å². The highest BCUT2D eigenvalue weighted by atomic mass is 16.2. The van der Waals surface area contributed by atoms with Gasteiger partial charge in [-0.3, -0.25) is 4.79 Å². The van der Waals surface area contributed by atoms with E-state index in [9.17, 15) is 4.79 Å². The molecule has 1 N–H and O–H groups in total. The fraction of sp³-hybridized carbons (Fsp3) is 0.500. The summed E-state index contributed by atoms with van der Waals surface area (Å²) in [6, 6.07) is 8.20. The third kappa shape index (κ3) is 2.34. The minimum Gasteiger partial charge on any atom is -0.336 e. The molecule has 1 amide bonds. The van der Waals surface area contributed by atoms with Crippen LogP contribution in [0.25, 0.3) is 0 Å². The first-order valence-corrected chi connectivity index (χ1v) is 6.44. The largest absolute Gasteiger partial charge is 0.336 e. The van der Waals surface area contributed by atoms with Crippen molar-refractivity contribution in [2.45, 2.75) is 18.8 Å². The molecule has 3 rings (SSSR count). The molecule has 0 aromatic heterocycles. The van der Waals surface area contributed by atoms with E-state index in [0.29, 0.717) is 0 Å². The van der Waals surface area contributed by atoms with E-state index < -0.39 is 0 Å². The average Bonchev–Trinajstić information content (AvgIpc) is 3.24. The van der Waals surface area contributed by atoms with Gasteiger partial charge in [-0.2, -0.15) is 0 Å². The molecule has 3 heteroatoms. The van der Waals surface area contributed by atoms with Gasteiger partial charge in [-0.25, -0.2) is 0 Å². The lowest BCUT2D eigenvalue weighted by molar-refractivity contribution is 0.0736. The van der Waals surface area contributed by atoms with Crippen LogP contribution in [0.5, 0.6) is 0 Å². The number of carbonyl (C=O) groups is 1. The quantitative estimate of drug-likeness (QED) is 0.837. The topological polar surface area (TPSA) is 32.3 Å². The zero-order valence-corrected chi connectivity index (χ0v) is 9.98. The summed E-state index contributed by atoms with van der Waals surface area (Å²) < 4.78 is 0. The molecule has 1 saturated carbocycles.